The van der Waals surface area contributed by atoms with Gasteiger partial charge in [-0.1, -0.05) is 36.2 Å². The minimum atomic E-state index is -3.66. The number of sulfonamides is 1. The molecule has 1 heterocycles. The maximum Gasteiger partial charge on any atom is 0.243 e. The normalized spacial score (nSPS) is 13.9. The number of nitrogens with one attached hydrogen (secondary N) is 1. The summed E-state index contributed by atoms with van der Waals surface area (Å²) in [6.45, 7) is 8.41. The van der Waals surface area contributed by atoms with Gasteiger partial charge in [0.05, 0.1) is 11.9 Å². The summed E-state index contributed by atoms with van der Waals surface area (Å²) < 4.78 is 37.7. The van der Waals surface area contributed by atoms with E-state index in [0.717, 1.165) is 6.26 Å². The number of rotatable bonds is 11. The SMILES string of the molecule is CCC(C(=O)NC(C)(C)C)N(Cc1ccc(Cl)cc1Cl)C(=O)CCCN(c1ccc2c(c1)OCCO2)S(C)(=O)=O. The fourth-order valence-electron chi connectivity index (χ4n) is 4.40. The van der Waals surface area contributed by atoms with Gasteiger partial charge in [0.15, 0.2) is 11.5 Å². The molecule has 12 heteroatoms. The van der Waals surface area contributed by atoms with Gasteiger partial charge in [-0.05, 0) is 63.4 Å². The molecule has 0 fully saturated rings. The number of nitrogens with zero attached hydrogens (tertiary/aromatic N) is 2. The predicted octanol–water partition coefficient (Wildman–Crippen LogP) is 5.03. The first-order valence-electron chi connectivity index (χ1n) is 13.1. The van der Waals surface area contributed by atoms with Gasteiger partial charge < -0.3 is 19.7 Å². The van der Waals surface area contributed by atoms with Crippen molar-refractivity contribution in [2.24, 2.45) is 0 Å². The van der Waals surface area contributed by atoms with Crippen molar-refractivity contribution in [3.8, 4) is 11.5 Å². The van der Waals surface area contributed by atoms with Crippen LogP contribution in [0.25, 0.3) is 0 Å². The van der Waals surface area contributed by atoms with Crippen molar-refractivity contribution in [1.82, 2.24) is 10.2 Å². The van der Waals surface area contributed by atoms with E-state index in [9.17, 15) is 18.0 Å². The summed E-state index contributed by atoms with van der Waals surface area (Å²) in [5, 5.41) is 3.81. The molecule has 2 aromatic carbocycles. The van der Waals surface area contributed by atoms with E-state index in [1.54, 1.807) is 36.4 Å². The van der Waals surface area contributed by atoms with Crippen molar-refractivity contribution in [2.45, 2.75) is 65.1 Å². The Morgan fingerprint density at radius 2 is 1.73 bits per heavy atom. The van der Waals surface area contributed by atoms with Crippen LogP contribution in [-0.4, -0.2) is 62.7 Å². The molecular weight excluding hydrogens is 577 g/mol. The Bertz CT molecular complexity index is 1330. The van der Waals surface area contributed by atoms with Gasteiger partial charge in [-0.3, -0.25) is 13.9 Å². The van der Waals surface area contributed by atoms with Crippen molar-refractivity contribution in [3.05, 3.63) is 52.0 Å². The molecule has 2 aromatic rings. The summed E-state index contributed by atoms with van der Waals surface area (Å²) in [4.78, 5) is 28.3. The lowest BCUT2D eigenvalue weighted by atomic mass is 10.0. The summed E-state index contributed by atoms with van der Waals surface area (Å²) >= 11 is 12.5. The number of benzene rings is 2. The molecule has 0 aliphatic carbocycles. The van der Waals surface area contributed by atoms with Crippen molar-refractivity contribution in [1.29, 1.82) is 0 Å². The smallest absolute Gasteiger partial charge is 0.243 e. The Morgan fingerprint density at radius 3 is 2.33 bits per heavy atom. The average Bonchev–Trinajstić information content (AvgIpc) is 2.85. The summed E-state index contributed by atoms with van der Waals surface area (Å²) in [6.07, 6.45) is 1.74. The van der Waals surface area contributed by atoms with Gasteiger partial charge >= 0.3 is 0 Å². The van der Waals surface area contributed by atoms with Gasteiger partial charge in [0, 0.05) is 41.2 Å². The molecule has 3 rings (SSSR count). The van der Waals surface area contributed by atoms with Gasteiger partial charge in [-0.15, -0.1) is 0 Å². The highest BCUT2D eigenvalue weighted by Gasteiger charge is 2.31. The zero-order valence-electron chi connectivity index (χ0n) is 23.5. The molecule has 0 bridgehead atoms. The highest BCUT2D eigenvalue weighted by molar-refractivity contribution is 7.92. The second-order valence-electron chi connectivity index (χ2n) is 10.7. The molecule has 0 saturated carbocycles. The number of ether oxygens (including phenoxy) is 2. The number of carbonyl (C=O) groups excluding carboxylic acids is 2. The topological polar surface area (TPSA) is 105 Å². The minimum Gasteiger partial charge on any atom is -0.486 e. The van der Waals surface area contributed by atoms with E-state index in [1.807, 2.05) is 27.7 Å². The fourth-order valence-corrected chi connectivity index (χ4v) is 5.82. The third kappa shape index (κ3) is 8.65. The van der Waals surface area contributed by atoms with E-state index in [2.05, 4.69) is 5.32 Å². The Balaban J connectivity index is 1.81. The quantitative estimate of drug-likeness (QED) is 0.381. The van der Waals surface area contributed by atoms with Crippen LogP contribution < -0.4 is 19.1 Å². The Kier molecular flexibility index (Phi) is 10.6. The molecular formula is C28H37Cl2N3O6S. The average molecular weight is 615 g/mol. The van der Waals surface area contributed by atoms with Gasteiger partial charge in [-0.25, -0.2) is 8.42 Å². The van der Waals surface area contributed by atoms with E-state index in [0.29, 0.717) is 52.4 Å². The molecule has 1 aliphatic rings. The molecule has 1 atom stereocenters. The van der Waals surface area contributed by atoms with Crippen LogP contribution in [0.3, 0.4) is 0 Å². The lowest BCUT2D eigenvalue weighted by Crippen LogP contribution is -2.53. The summed E-state index contributed by atoms with van der Waals surface area (Å²) in [6, 6.07) is 9.19. The number of halogens is 2. The molecule has 0 aromatic heterocycles. The molecule has 1 unspecified atom stereocenters. The molecule has 0 radical (unpaired) electrons. The van der Waals surface area contributed by atoms with Crippen LogP contribution in [0.2, 0.25) is 10.0 Å². The first-order valence-corrected chi connectivity index (χ1v) is 15.7. The van der Waals surface area contributed by atoms with Crippen molar-refractivity contribution in [3.63, 3.8) is 0 Å². The molecule has 40 heavy (non-hydrogen) atoms. The Labute approximate surface area is 246 Å². The third-order valence-electron chi connectivity index (χ3n) is 6.21. The van der Waals surface area contributed by atoms with Crippen molar-refractivity contribution in [2.75, 3.05) is 30.3 Å². The largest absolute Gasteiger partial charge is 0.486 e. The monoisotopic (exact) mass is 613 g/mol. The predicted molar refractivity (Wildman–Crippen MR) is 158 cm³/mol. The zero-order chi connectivity index (χ0) is 29.7. The molecule has 1 N–H and O–H groups in total. The van der Waals surface area contributed by atoms with E-state index >= 15 is 0 Å². The fraction of sp³-hybridized carbons (Fsp3) is 0.500. The van der Waals surface area contributed by atoms with Crippen LogP contribution in [0.5, 0.6) is 11.5 Å². The van der Waals surface area contributed by atoms with Gasteiger partial charge in [-0.2, -0.15) is 0 Å². The number of fused-ring (bicyclic) bond motifs is 1. The highest BCUT2D eigenvalue weighted by atomic mass is 35.5. The molecule has 0 saturated heterocycles. The molecule has 220 valence electrons. The lowest BCUT2D eigenvalue weighted by Gasteiger charge is -2.33. The number of amides is 2. The third-order valence-corrected chi connectivity index (χ3v) is 7.99. The van der Waals surface area contributed by atoms with Crippen LogP contribution in [-0.2, 0) is 26.2 Å². The van der Waals surface area contributed by atoms with Crippen molar-refractivity contribution < 1.29 is 27.5 Å². The number of hydrogen-bond donors (Lipinski definition) is 1. The summed E-state index contributed by atoms with van der Waals surface area (Å²) in [7, 11) is -3.66. The van der Waals surface area contributed by atoms with E-state index < -0.39 is 21.6 Å². The molecule has 1 aliphatic heterocycles. The highest BCUT2D eigenvalue weighted by Crippen LogP contribution is 2.35. The first kappa shape index (κ1) is 31.8. The number of hydrogen-bond acceptors (Lipinski definition) is 6. The maximum absolute atomic E-state index is 13.6. The molecule has 9 nitrogen and oxygen atoms in total. The lowest BCUT2D eigenvalue weighted by molar-refractivity contribution is -0.142. The van der Waals surface area contributed by atoms with Crippen LogP contribution in [0.4, 0.5) is 5.69 Å². The van der Waals surface area contributed by atoms with Crippen LogP contribution in [0.1, 0.15) is 52.5 Å². The zero-order valence-corrected chi connectivity index (χ0v) is 25.8. The second kappa shape index (κ2) is 13.3. The minimum absolute atomic E-state index is 0.0150. The van der Waals surface area contributed by atoms with Gasteiger partial charge in [0.1, 0.15) is 19.3 Å². The van der Waals surface area contributed by atoms with Crippen molar-refractivity contribution >= 4 is 50.7 Å². The first-order chi connectivity index (χ1) is 18.7. The number of anilines is 1. The second-order valence-corrected chi connectivity index (χ2v) is 13.4. The maximum atomic E-state index is 13.6. The molecule has 2 amide bonds. The Morgan fingerprint density at radius 1 is 1.05 bits per heavy atom. The van der Waals surface area contributed by atoms with Crippen LogP contribution >= 0.6 is 23.2 Å². The van der Waals surface area contributed by atoms with E-state index in [1.165, 1.54) is 9.21 Å². The molecule has 0 spiro atoms. The van der Waals surface area contributed by atoms with Crippen LogP contribution in [0, 0.1) is 0 Å². The standard InChI is InChI=1S/C28H37Cl2N3O6S/c1-6-23(27(35)31-28(2,3)4)32(18-19-9-10-20(29)16-22(19)30)26(34)8-7-13-33(40(5,36)37)21-11-12-24-25(17-21)39-15-14-38-24/h9-12,16-17,23H,6-8,13-15,18H2,1-5H3,(H,31,35). The summed E-state index contributed by atoms with van der Waals surface area (Å²) in [5.74, 6) is 0.449. The number of carbonyl (C=O) groups is 2. The van der Waals surface area contributed by atoms with Gasteiger partial charge in [0.25, 0.3) is 0 Å². The summed E-state index contributed by atoms with van der Waals surface area (Å²) in [5.41, 5.74) is 0.576. The van der Waals surface area contributed by atoms with Crippen LogP contribution in [0.15, 0.2) is 36.4 Å². The van der Waals surface area contributed by atoms with E-state index in [4.69, 9.17) is 32.7 Å². The van der Waals surface area contributed by atoms with E-state index in [-0.39, 0.29) is 37.7 Å². The Hall–Kier alpha value is -2.69. The van der Waals surface area contributed by atoms with Gasteiger partial charge in [0.2, 0.25) is 21.8 Å².